The Kier molecular flexibility index (Phi) is 7.76. The van der Waals surface area contributed by atoms with Gasteiger partial charge >= 0.3 is 5.97 Å². The van der Waals surface area contributed by atoms with Crippen molar-refractivity contribution in [3.63, 3.8) is 0 Å². The van der Waals surface area contributed by atoms with Crippen molar-refractivity contribution in [2.45, 2.75) is 102 Å². The topological polar surface area (TPSA) is 95.1 Å². The number of carboxylic acid groups (broad SMARTS) is 1. The van der Waals surface area contributed by atoms with E-state index in [0.29, 0.717) is 12.0 Å². The molecule has 4 aromatic rings. The summed E-state index contributed by atoms with van der Waals surface area (Å²) in [5.41, 5.74) is 4.89. The molecule has 2 aromatic heterocycles. The summed E-state index contributed by atoms with van der Waals surface area (Å²) < 4.78 is 10.3. The minimum absolute atomic E-state index is 0.0340. The molecule has 1 unspecified atom stereocenters. The molecule has 3 saturated carbocycles. The smallest absolute Gasteiger partial charge is 0.339 e. The summed E-state index contributed by atoms with van der Waals surface area (Å²) in [4.78, 5) is 12.3. The maximum absolute atomic E-state index is 12.3. The molecule has 3 atom stereocenters. The largest absolute Gasteiger partial charge is 0.490 e. The summed E-state index contributed by atoms with van der Waals surface area (Å²) in [6, 6.07) is 16.9. The lowest BCUT2D eigenvalue weighted by atomic mass is 9.86. The molecule has 0 aliphatic heterocycles. The summed E-state index contributed by atoms with van der Waals surface area (Å²) in [7, 11) is 0. The third-order valence-corrected chi connectivity index (χ3v) is 9.93. The maximum atomic E-state index is 12.3. The Labute approximate surface area is 253 Å². The lowest BCUT2D eigenvalue weighted by molar-refractivity contribution is 0.0695. The van der Waals surface area contributed by atoms with E-state index in [1.165, 1.54) is 57.6 Å². The number of rotatable bonds is 9. The van der Waals surface area contributed by atoms with Crippen LogP contribution in [0.5, 0.6) is 5.75 Å². The van der Waals surface area contributed by atoms with E-state index in [1.807, 2.05) is 33.6 Å². The quantitative estimate of drug-likeness (QED) is 0.216. The van der Waals surface area contributed by atoms with Crippen LogP contribution in [-0.4, -0.2) is 42.0 Å². The molecule has 7 rings (SSSR count). The van der Waals surface area contributed by atoms with Crippen LogP contribution < -0.4 is 4.74 Å². The van der Waals surface area contributed by atoms with Gasteiger partial charge in [0.15, 0.2) is 0 Å². The molecule has 3 aliphatic carbocycles. The number of ether oxygens (including phenoxy) is 1. The molecule has 3 aliphatic rings. The average molecular weight is 580 g/mol. The summed E-state index contributed by atoms with van der Waals surface area (Å²) in [5, 5.41) is 23.6. The van der Waals surface area contributed by atoms with E-state index in [2.05, 4.69) is 52.8 Å². The zero-order valence-electron chi connectivity index (χ0n) is 24.9. The molecular weight excluding hydrogens is 538 g/mol. The van der Waals surface area contributed by atoms with Gasteiger partial charge in [-0.05, 0) is 80.3 Å². The Morgan fingerprint density at radius 2 is 1.65 bits per heavy atom. The second-order valence-electron chi connectivity index (χ2n) is 12.8. The first-order valence-electron chi connectivity index (χ1n) is 16.2. The number of nitrogens with zero attached hydrogens (tertiary/aromatic N) is 5. The maximum Gasteiger partial charge on any atom is 0.339 e. The third-order valence-electron chi connectivity index (χ3n) is 9.93. The van der Waals surface area contributed by atoms with Gasteiger partial charge in [-0.2, -0.15) is 5.10 Å². The molecule has 0 amide bonds. The molecule has 0 radical (unpaired) electrons. The number of aromatic nitrogens is 5. The summed E-state index contributed by atoms with van der Waals surface area (Å²) >= 11 is 0. The van der Waals surface area contributed by atoms with E-state index in [9.17, 15) is 9.90 Å². The molecule has 0 saturated heterocycles. The molecule has 2 heterocycles. The Morgan fingerprint density at radius 1 is 0.930 bits per heavy atom. The Balaban J connectivity index is 1.13. The number of benzene rings is 2. The molecule has 0 bridgehead atoms. The van der Waals surface area contributed by atoms with Gasteiger partial charge in [-0.25, -0.2) is 14.2 Å². The zero-order chi connectivity index (χ0) is 29.3. The first-order chi connectivity index (χ1) is 21.0. The van der Waals surface area contributed by atoms with Crippen LogP contribution in [0, 0.1) is 5.92 Å². The highest BCUT2D eigenvalue weighted by molar-refractivity contribution is 5.89. The summed E-state index contributed by atoms with van der Waals surface area (Å²) in [6.45, 7) is 2.20. The van der Waals surface area contributed by atoms with Gasteiger partial charge < -0.3 is 9.84 Å². The van der Waals surface area contributed by atoms with E-state index >= 15 is 0 Å². The summed E-state index contributed by atoms with van der Waals surface area (Å²) in [5.74, 6) is 0.730. The first kappa shape index (κ1) is 27.9. The molecule has 2 aromatic carbocycles. The van der Waals surface area contributed by atoms with Crippen molar-refractivity contribution >= 4 is 5.97 Å². The van der Waals surface area contributed by atoms with Crippen molar-refractivity contribution in [1.82, 2.24) is 24.8 Å². The van der Waals surface area contributed by atoms with Crippen molar-refractivity contribution in [2.24, 2.45) is 5.92 Å². The highest BCUT2D eigenvalue weighted by Crippen LogP contribution is 2.55. The van der Waals surface area contributed by atoms with E-state index < -0.39 is 5.97 Å². The standard InChI is InChI=1S/C35H41N5O3/c1-23(24-10-4-2-5-11-24)43-29-17-9-13-26(19-29)25-12-8-16-28(18-25)40-34(32(21-36-40)35(41)42)31-20-30(31)33-22-39(38-37-33)27-14-6-3-7-15-27/h8-9,12-13,16-19,21-24,27,30-31H,2-7,10-11,14-15,20H2,1H3,(H,41,42)/t23?,30-,31-/m1/s1. The van der Waals surface area contributed by atoms with Crippen LogP contribution in [-0.2, 0) is 0 Å². The van der Waals surface area contributed by atoms with Crippen LogP contribution in [0.2, 0.25) is 0 Å². The van der Waals surface area contributed by atoms with Gasteiger partial charge in [0.05, 0.1) is 35.4 Å². The van der Waals surface area contributed by atoms with Crippen LogP contribution in [0.4, 0.5) is 0 Å². The van der Waals surface area contributed by atoms with Gasteiger partial charge in [0.2, 0.25) is 0 Å². The molecule has 8 heteroatoms. The molecule has 0 spiro atoms. The lowest BCUT2D eigenvalue weighted by Crippen LogP contribution is -2.25. The minimum atomic E-state index is -0.953. The van der Waals surface area contributed by atoms with Crippen molar-refractivity contribution in [1.29, 1.82) is 0 Å². The summed E-state index contributed by atoms with van der Waals surface area (Å²) in [6.07, 6.45) is 17.1. The fraction of sp³-hybridized carbons (Fsp3) is 0.486. The van der Waals surface area contributed by atoms with E-state index in [-0.39, 0.29) is 23.5 Å². The van der Waals surface area contributed by atoms with Gasteiger partial charge in [0.1, 0.15) is 11.3 Å². The third kappa shape index (κ3) is 5.84. The van der Waals surface area contributed by atoms with Gasteiger partial charge in [0, 0.05) is 18.0 Å². The normalized spacial score (nSPS) is 21.9. The van der Waals surface area contributed by atoms with Crippen LogP contribution in [0.3, 0.4) is 0 Å². The molecule has 8 nitrogen and oxygen atoms in total. The number of hydrogen-bond donors (Lipinski definition) is 1. The number of carbonyl (C=O) groups is 1. The average Bonchev–Trinajstić information content (AvgIpc) is 3.45. The predicted octanol–water partition coefficient (Wildman–Crippen LogP) is 7.95. The predicted molar refractivity (Wildman–Crippen MR) is 165 cm³/mol. The zero-order valence-corrected chi connectivity index (χ0v) is 24.9. The van der Waals surface area contributed by atoms with Gasteiger partial charge in [-0.1, -0.05) is 68.0 Å². The minimum Gasteiger partial charge on any atom is -0.490 e. The van der Waals surface area contributed by atoms with Crippen LogP contribution >= 0.6 is 0 Å². The van der Waals surface area contributed by atoms with E-state index in [1.54, 1.807) is 0 Å². The molecule has 1 N–H and O–H groups in total. The van der Waals surface area contributed by atoms with Gasteiger partial charge in [-0.15, -0.1) is 5.10 Å². The highest BCUT2D eigenvalue weighted by atomic mass is 16.5. The van der Waals surface area contributed by atoms with Crippen molar-refractivity contribution < 1.29 is 14.6 Å². The fourth-order valence-electron chi connectivity index (χ4n) is 7.37. The van der Waals surface area contributed by atoms with Crippen molar-refractivity contribution in [3.05, 3.63) is 77.9 Å². The molecule has 43 heavy (non-hydrogen) atoms. The first-order valence-corrected chi connectivity index (χ1v) is 16.2. The SMILES string of the molecule is CC(Oc1cccc(-c2cccc(-n3ncc(C(=O)O)c3[C@@H]3C[C@H]3c3cn(C4CCCCC4)nn3)c2)c1)C1CCCCC1. The van der Waals surface area contributed by atoms with E-state index in [0.717, 1.165) is 53.2 Å². The number of hydrogen-bond acceptors (Lipinski definition) is 5. The lowest BCUT2D eigenvalue weighted by Gasteiger charge is -2.28. The van der Waals surface area contributed by atoms with Crippen molar-refractivity contribution in [2.75, 3.05) is 0 Å². The Morgan fingerprint density at radius 3 is 2.42 bits per heavy atom. The highest BCUT2D eigenvalue weighted by Gasteiger charge is 2.46. The second kappa shape index (κ2) is 12.0. The van der Waals surface area contributed by atoms with Crippen molar-refractivity contribution in [3.8, 4) is 22.6 Å². The van der Waals surface area contributed by atoms with Crippen LogP contribution in [0.1, 0.15) is 117 Å². The van der Waals surface area contributed by atoms with Crippen LogP contribution in [0.15, 0.2) is 60.9 Å². The second-order valence-corrected chi connectivity index (χ2v) is 12.8. The molecular formula is C35H41N5O3. The van der Waals surface area contributed by atoms with E-state index in [4.69, 9.17) is 4.74 Å². The number of aromatic carboxylic acids is 1. The Hall–Kier alpha value is -3.94. The Bertz CT molecular complexity index is 1580. The molecule has 3 fully saturated rings. The fourth-order valence-corrected chi connectivity index (χ4v) is 7.37. The van der Waals surface area contributed by atoms with Crippen LogP contribution in [0.25, 0.3) is 16.8 Å². The monoisotopic (exact) mass is 579 g/mol. The number of carboxylic acids is 1. The molecule has 224 valence electrons. The van der Waals surface area contributed by atoms with Gasteiger partial charge in [0.25, 0.3) is 0 Å². The van der Waals surface area contributed by atoms with Gasteiger partial charge in [-0.3, -0.25) is 0 Å².